The molecule has 2 rings (SSSR count). The second-order valence-corrected chi connectivity index (χ2v) is 4.44. The molecule has 0 aliphatic carbocycles. The molecule has 0 saturated heterocycles. The predicted molar refractivity (Wildman–Crippen MR) is 59.8 cm³/mol. The van der Waals surface area contributed by atoms with E-state index < -0.39 is 0 Å². The van der Waals surface area contributed by atoms with Crippen molar-refractivity contribution in [2.24, 2.45) is 0 Å². The van der Waals surface area contributed by atoms with Crippen LogP contribution in [-0.2, 0) is 19.6 Å². The highest BCUT2D eigenvalue weighted by atomic mass is 16.3. The van der Waals surface area contributed by atoms with E-state index in [1.165, 1.54) is 18.7 Å². The van der Waals surface area contributed by atoms with Crippen molar-refractivity contribution in [3.63, 3.8) is 0 Å². The minimum absolute atomic E-state index is 0.132. The standard InChI is InChI=1S/C12H20N2O/c1-3-9(2)12-10(8-15)14-7-5-4-6-11(14)13-12/h9,15H,3-8H2,1-2H3/t9-/m0/s1. The van der Waals surface area contributed by atoms with Gasteiger partial charge in [-0.25, -0.2) is 4.98 Å². The Morgan fingerprint density at radius 3 is 2.93 bits per heavy atom. The normalized spacial score (nSPS) is 17.5. The van der Waals surface area contributed by atoms with Crippen LogP contribution in [0.5, 0.6) is 0 Å². The largest absolute Gasteiger partial charge is 0.390 e. The molecule has 84 valence electrons. The van der Waals surface area contributed by atoms with Crippen LogP contribution < -0.4 is 0 Å². The molecule has 0 radical (unpaired) electrons. The van der Waals surface area contributed by atoms with Crippen molar-refractivity contribution in [1.82, 2.24) is 9.55 Å². The summed E-state index contributed by atoms with van der Waals surface area (Å²) >= 11 is 0. The van der Waals surface area contributed by atoms with Crippen LogP contribution in [-0.4, -0.2) is 14.7 Å². The lowest BCUT2D eigenvalue weighted by Crippen LogP contribution is -2.13. The lowest BCUT2D eigenvalue weighted by molar-refractivity contribution is 0.266. The van der Waals surface area contributed by atoms with E-state index in [-0.39, 0.29) is 6.61 Å². The Kier molecular flexibility index (Phi) is 3.10. The van der Waals surface area contributed by atoms with Gasteiger partial charge in [-0.2, -0.15) is 0 Å². The smallest absolute Gasteiger partial charge is 0.109 e. The van der Waals surface area contributed by atoms with Gasteiger partial charge in [0.2, 0.25) is 0 Å². The molecule has 1 aliphatic heterocycles. The Bertz CT molecular complexity index is 344. The molecular formula is C12H20N2O. The number of nitrogens with zero attached hydrogens (tertiary/aromatic N) is 2. The van der Waals surface area contributed by atoms with Crippen molar-refractivity contribution in [3.8, 4) is 0 Å². The van der Waals surface area contributed by atoms with Crippen molar-refractivity contribution in [3.05, 3.63) is 17.2 Å². The van der Waals surface area contributed by atoms with Gasteiger partial charge >= 0.3 is 0 Å². The summed E-state index contributed by atoms with van der Waals surface area (Å²) in [6.07, 6.45) is 4.62. The quantitative estimate of drug-likeness (QED) is 0.827. The van der Waals surface area contributed by atoms with Crippen molar-refractivity contribution in [1.29, 1.82) is 0 Å². The first-order valence-corrected chi connectivity index (χ1v) is 5.97. The summed E-state index contributed by atoms with van der Waals surface area (Å²) < 4.78 is 2.23. The molecule has 1 atom stereocenters. The number of imidazole rings is 1. The zero-order valence-electron chi connectivity index (χ0n) is 9.66. The molecule has 0 bridgehead atoms. The lowest BCUT2D eigenvalue weighted by atomic mass is 10.0. The summed E-state index contributed by atoms with van der Waals surface area (Å²) in [5.41, 5.74) is 2.18. The molecule has 0 amide bonds. The van der Waals surface area contributed by atoms with Gasteiger partial charge in [0, 0.05) is 18.9 Å². The number of hydrogen-bond donors (Lipinski definition) is 1. The fourth-order valence-corrected chi connectivity index (χ4v) is 2.32. The van der Waals surface area contributed by atoms with Crippen LogP contribution >= 0.6 is 0 Å². The van der Waals surface area contributed by atoms with Gasteiger partial charge in [0.25, 0.3) is 0 Å². The summed E-state index contributed by atoms with van der Waals surface area (Å²) in [6, 6.07) is 0. The SMILES string of the molecule is CC[C@H](C)c1nc2n(c1CO)CCCC2. The minimum atomic E-state index is 0.132. The van der Waals surface area contributed by atoms with E-state index in [4.69, 9.17) is 4.98 Å². The van der Waals surface area contributed by atoms with E-state index >= 15 is 0 Å². The maximum atomic E-state index is 9.45. The summed E-state index contributed by atoms with van der Waals surface area (Å²) in [6.45, 7) is 5.53. The molecule has 0 fully saturated rings. The van der Waals surface area contributed by atoms with Crippen molar-refractivity contribution in [2.75, 3.05) is 0 Å². The van der Waals surface area contributed by atoms with Gasteiger partial charge in [-0.3, -0.25) is 0 Å². The number of aryl methyl sites for hydroxylation is 1. The average molecular weight is 208 g/mol. The molecule has 1 aliphatic rings. The van der Waals surface area contributed by atoms with Crippen LogP contribution in [0.3, 0.4) is 0 Å². The first-order valence-electron chi connectivity index (χ1n) is 5.97. The van der Waals surface area contributed by atoms with Crippen LogP contribution in [0.1, 0.15) is 56.2 Å². The van der Waals surface area contributed by atoms with E-state index in [1.54, 1.807) is 0 Å². The average Bonchev–Trinajstić information content (AvgIpc) is 2.66. The van der Waals surface area contributed by atoms with Gasteiger partial charge in [-0.05, 0) is 19.3 Å². The molecule has 3 nitrogen and oxygen atoms in total. The molecule has 1 N–H and O–H groups in total. The summed E-state index contributed by atoms with van der Waals surface area (Å²) in [7, 11) is 0. The molecule has 0 aromatic carbocycles. The first-order chi connectivity index (χ1) is 7.27. The molecule has 0 spiro atoms. The van der Waals surface area contributed by atoms with E-state index in [1.807, 2.05) is 0 Å². The Morgan fingerprint density at radius 2 is 2.27 bits per heavy atom. The number of rotatable bonds is 3. The highest BCUT2D eigenvalue weighted by Crippen LogP contribution is 2.26. The van der Waals surface area contributed by atoms with E-state index in [9.17, 15) is 5.11 Å². The Labute approximate surface area is 91.1 Å². The van der Waals surface area contributed by atoms with Crippen LogP contribution in [0.4, 0.5) is 0 Å². The van der Waals surface area contributed by atoms with Gasteiger partial charge in [-0.1, -0.05) is 13.8 Å². The van der Waals surface area contributed by atoms with Gasteiger partial charge in [-0.15, -0.1) is 0 Å². The molecule has 15 heavy (non-hydrogen) atoms. The molecule has 1 aromatic heterocycles. The fourth-order valence-electron chi connectivity index (χ4n) is 2.32. The summed E-state index contributed by atoms with van der Waals surface area (Å²) in [5.74, 6) is 1.64. The molecular weight excluding hydrogens is 188 g/mol. The van der Waals surface area contributed by atoms with E-state index in [2.05, 4.69) is 18.4 Å². The third-order valence-electron chi connectivity index (χ3n) is 3.44. The van der Waals surface area contributed by atoms with E-state index in [0.717, 1.165) is 30.8 Å². The maximum Gasteiger partial charge on any atom is 0.109 e. The Hall–Kier alpha value is -0.830. The second kappa shape index (κ2) is 4.35. The highest BCUT2D eigenvalue weighted by molar-refractivity contribution is 5.21. The first kappa shape index (κ1) is 10.7. The number of hydrogen-bond acceptors (Lipinski definition) is 2. The number of aromatic nitrogens is 2. The molecule has 0 unspecified atom stereocenters. The van der Waals surface area contributed by atoms with E-state index in [0.29, 0.717) is 5.92 Å². The summed E-state index contributed by atoms with van der Waals surface area (Å²) in [5, 5.41) is 9.45. The van der Waals surface area contributed by atoms with Gasteiger partial charge in [0.05, 0.1) is 18.0 Å². The van der Waals surface area contributed by atoms with Crippen LogP contribution in [0.25, 0.3) is 0 Å². The zero-order valence-corrected chi connectivity index (χ0v) is 9.66. The second-order valence-electron chi connectivity index (χ2n) is 4.44. The number of aliphatic hydroxyl groups excluding tert-OH is 1. The van der Waals surface area contributed by atoms with Gasteiger partial charge in [0.1, 0.15) is 5.82 Å². The molecule has 2 heterocycles. The Balaban J connectivity index is 2.41. The number of aliphatic hydroxyl groups is 1. The predicted octanol–water partition coefficient (Wildman–Crippen LogP) is 2.23. The van der Waals surface area contributed by atoms with Crippen LogP contribution in [0.15, 0.2) is 0 Å². The third kappa shape index (κ3) is 1.81. The fraction of sp³-hybridized carbons (Fsp3) is 0.750. The lowest BCUT2D eigenvalue weighted by Gasteiger charge is -2.15. The van der Waals surface area contributed by atoms with Gasteiger partial charge in [0.15, 0.2) is 0 Å². The molecule has 3 heteroatoms. The number of fused-ring (bicyclic) bond motifs is 1. The van der Waals surface area contributed by atoms with Crippen molar-refractivity contribution >= 4 is 0 Å². The monoisotopic (exact) mass is 208 g/mol. The Morgan fingerprint density at radius 1 is 1.47 bits per heavy atom. The minimum Gasteiger partial charge on any atom is -0.390 e. The third-order valence-corrected chi connectivity index (χ3v) is 3.44. The zero-order chi connectivity index (χ0) is 10.8. The summed E-state index contributed by atoms with van der Waals surface area (Å²) in [4.78, 5) is 4.70. The maximum absolute atomic E-state index is 9.45. The van der Waals surface area contributed by atoms with Crippen molar-refractivity contribution in [2.45, 2.75) is 58.6 Å². The van der Waals surface area contributed by atoms with Crippen LogP contribution in [0, 0.1) is 0 Å². The topological polar surface area (TPSA) is 38.0 Å². The van der Waals surface area contributed by atoms with Crippen LogP contribution in [0.2, 0.25) is 0 Å². The highest BCUT2D eigenvalue weighted by Gasteiger charge is 2.21. The van der Waals surface area contributed by atoms with Gasteiger partial charge < -0.3 is 9.67 Å². The molecule has 1 aromatic rings. The van der Waals surface area contributed by atoms with Crippen molar-refractivity contribution < 1.29 is 5.11 Å². The molecule has 0 saturated carbocycles.